The van der Waals surface area contributed by atoms with Crippen LogP contribution in [0.3, 0.4) is 0 Å². The second kappa shape index (κ2) is 7.83. The minimum absolute atomic E-state index is 0.318. The van der Waals surface area contributed by atoms with Crippen LogP contribution in [0.2, 0.25) is 0 Å². The number of rotatable bonds is 2. The fourth-order valence-corrected chi connectivity index (χ4v) is 3.22. The van der Waals surface area contributed by atoms with E-state index in [9.17, 15) is 14.7 Å². The van der Waals surface area contributed by atoms with Gasteiger partial charge in [0.25, 0.3) is 0 Å². The van der Waals surface area contributed by atoms with E-state index in [1.807, 2.05) is 19.9 Å². The number of hydrogen-bond donors (Lipinski definition) is 1. The van der Waals surface area contributed by atoms with Gasteiger partial charge in [-0.1, -0.05) is 29.9 Å². The van der Waals surface area contributed by atoms with Crippen molar-refractivity contribution in [1.82, 2.24) is 0 Å². The van der Waals surface area contributed by atoms with Gasteiger partial charge in [0.1, 0.15) is 12.2 Å². The number of aliphatic hydroxyl groups excluding tert-OH is 1. The summed E-state index contributed by atoms with van der Waals surface area (Å²) in [6.45, 7) is 11.1. The van der Waals surface area contributed by atoms with E-state index < -0.39 is 36.2 Å². The molecule has 1 heterocycles. The van der Waals surface area contributed by atoms with Gasteiger partial charge in [-0.15, -0.1) is 0 Å². The molecule has 0 unspecified atom stereocenters. The first-order chi connectivity index (χ1) is 11.7. The topological polar surface area (TPSA) is 72.8 Å². The van der Waals surface area contributed by atoms with Crippen LogP contribution < -0.4 is 0 Å². The van der Waals surface area contributed by atoms with Crippen molar-refractivity contribution in [2.24, 2.45) is 5.92 Å². The molecule has 0 aromatic heterocycles. The molecule has 1 fully saturated rings. The Morgan fingerprint density at radius 1 is 1.32 bits per heavy atom. The molecule has 2 rings (SSSR count). The molecule has 1 saturated heterocycles. The first-order valence-corrected chi connectivity index (χ1v) is 8.49. The average molecular weight is 346 g/mol. The van der Waals surface area contributed by atoms with Crippen molar-refractivity contribution in [1.29, 1.82) is 0 Å². The molecule has 0 saturated carbocycles. The lowest BCUT2D eigenvalue weighted by atomic mass is 9.85. The van der Waals surface area contributed by atoms with Crippen LogP contribution in [0.25, 0.3) is 0 Å². The molecule has 136 valence electrons. The molecule has 4 atom stereocenters. The number of esters is 2. The molecule has 5 nitrogen and oxygen atoms in total. The van der Waals surface area contributed by atoms with Crippen molar-refractivity contribution < 1.29 is 24.2 Å². The quantitative estimate of drug-likeness (QED) is 0.473. The number of fused-ring (bicyclic) bond motifs is 1. The molecule has 0 bridgehead atoms. The lowest BCUT2D eigenvalue weighted by molar-refractivity contribution is -0.147. The molecule has 1 aliphatic carbocycles. The number of aliphatic hydroxyl groups is 1. The van der Waals surface area contributed by atoms with E-state index in [0.717, 1.165) is 11.1 Å². The van der Waals surface area contributed by atoms with Crippen molar-refractivity contribution >= 4 is 11.9 Å². The lowest BCUT2D eigenvalue weighted by Gasteiger charge is -2.28. The van der Waals surface area contributed by atoms with Crippen molar-refractivity contribution in [3.05, 3.63) is 47.1 Å². The van der Waals surface area contributed by atoms with Gasteiger partial charge in [-0.25, -0.2) is 9.59 Å². The summed E-state index contributed by atoms with van der Waals surface area (Å²) in [5, 5.41) is 10.2. The van der Waals surface area contributed by atoms with E-state index in [4.69, 9.17) is 9.47 Å². The van der Waals surface area contributed by atoms with Crippen LogP contribution in [0.4, 0.5) is 0 Å². The third-order valence-corrected chi connectivity index (χ3v) is 4.66. The maximum absolute atomic E-state index is 12.3. The Morgan fingerprint density at radius 3 is 2.60 bits per heavy atom. The smallest absolute Gasteiger partial charge is 0.334 e. The number of ether oxygens (including phenoxy) is 2. The van der Waals surface area contributed by atoms with Gasteiger partial charge < -0.3 is 14.6 Å². The molecule has 1 aliphatic heterocycles. The fraction of sp³-hybridized carbons (Fsp3) is 0.500. The zero-order valence-corrected chi connectivity index (χ0v) is 15.2. The third kappa shape index (κ3) is 4.48. The van der Waals surface area contributed by atoms with Crippen molar-refractivity contribution in [2.45, 2.75) is 58.8 Å². The van der Waals surface area contributed by atoms with E-state index in [2.05, 4.69) is 6.58 Å². The normalized spacial score (nSPS) is 35.0. The first-order valence-electron chi connectivity index (χ1n) is 8.49. The Hall–Kier alpha value is -2.14. The third-order valence-electron chi connectivity index (χ3n) is 4.66. The van der Waals surface area contributed by atoms with Crippen LogP contribution in [-0.2, 0) is 19.1 Å². The molecule has 0 aromatic rings. The summed E-state index contributed by atoms with van der Waals surface area (Å²) in [6, 6.07) is 0. The van der Waals surface area contributed by atoms with Crippen LogP contribution in [0.5, 0.6) is 0 Å². The Labute approximate surface area is 148 Å². The number of carbonyl (C=O) groups excluding carboxylic acids is 2. The summed E-state index contributed by atoms with van der Waals surface area (Å²) in [5.41, 5.74) is 2.62. The highest BCUT2D eigenvalue weighted by Crippen LogP contribution is 2.36. The summed E-state index contributed by atoms with van der Waals surface area (Å²) in [5.74, 6) is -1.33. The molecule has 0 spiro atoms. The SMILES string of the molecule is C=C1C(=O)O[C@@H]2/C=C(\C)C[C@@H](O)/C=C(\C)C[C@@H](OC(=O)/C(C)=C/C)[C@@H]12. The second-order valence-electron chi connectivity index (χ2n) is 6.84. The van der Waals surface area contributed by atoms with Crippen LogP contribution in [0, 0.1) is 5.92 Å². The number of hydrogen-bond acceptors (Lipinski definition) is 5. The second-order valence-corrected chi connectivity index (χ2v) is 6.84. The summed E-state index contributed by atoms with van der Waals surface area (Å²) in [4.78, 5) is 24.3. The molecule has 2 aliphatic rings. The highest BCUT2D eigenvalue weighted by atomic mass is 16.6. The molecular formula is C20H26O5. The predicted molar refractivity (Wildman–Crippen MR) is 94.6 cm³/mol. The largest absolute Gasteiger partial charge is 0.458 e. The van der Waals surface area contributed by atoms with E-state index in [1.54, 1.807) is 26.0 Å². The summed E-state index contributed by atoms with van der Waals surface area (Å²) in [6.07, 6.45) is 4.39. The molecule has 0 aromatic carbocycles. The van der Waals surface area contributed by atoms with E-state index >= 15 is 0 Å². The Balaban J connectivity index is 2.42. The van der Waals surface area contributed by atoms with Crippen LogP contribution >= 0.6 is 0 Å². The number of allylic oxidation sites excluding steroid dienone is 1. The Bertz CT molecular complexity index is 668. The Morgan fingerprint density at radius 2 is 1.96 bits per heavy atom. The zero-order valence-electron chi connectivity index (χ0n) is 15.2. The standard InChI is InChI=1S/C20H26O5/c1-6-13(4)19(22)24-16-9-11(2)7-15(21)8-12(3)10-17-18(16)14(5)20(23)25-17/h6-7,10,15-18,21H,5,8-9H2,1-4H3/b11-7+,12-10+,13-6+/t15-,16+,17+,18+/m0/s1. The monoisotopic (exact) mass is 346 g/mol. The van der Waals surface area contributed by atoms with Gasteiger partial charge in [-0.3, -0.25) is 0 Å². The summed E-state index contributed by atoms with van der Waals surface area (Å²) in [7, 11) is 0. The van der Waals surface area contributed by atoms with Crippen LogP contribution in [-0.4, -0.2) is 35.4 Å². The molecule has 5 heteroatoms. The number of carbonyl (C=O) groups is 2. The fourth-order valence-electron chi connectivity index (χ4n) is 3.22. The summed E-state index contributed by atoms with van der Waals surface area (Å²) < 4.78 is 11.1. The van der Waals surface area contributed by atoms with Crippen molar-refractivity contribution in [2.75, 3.05) is 0 Å². The van der Waals surface area contributed by atoms with Gasteiger partial charge in [0, 0.05) is 17.6 Å². The highest BCUT2D eigenvalue weighted by molar-refractivity contribution is 5.92. The maximum atomic E-state index is 12.3. The highest BCUT2D eigenvalue weighted by Gasteiger charge is 2.44. The van der Waals surface area contributed by atoms with Crippen molar-refractivity contribution in [3.63, 3.8) is 0 Å². The van der Waals surface area contributed by atoms with Gasteiger partial charge in [0.2, 0.25) is 0 Å². The van der Waals surface area contributed by atoms with Gasteiger partial charge >= 0.3 is 11.9 Å². The van der Waals surface area contributed by atoms with E-state index in [-0.39, 0.29) is 0 Å². The lowest BCUT2D eigenvalue weighted by Crippen LogP contribution is -2.34. The zero-order chi connectivity index (χ0) is 18.7. The summed E-state index contributed by atoms with van der Waals surface area (Å²) >= 11 is 0. The average Bonchev–Trinajstić information content (AvgIpc) is 2.78. The Kier molecular flexibility index (Phi) is 6.01. The molecule has 25 heavy (non-hydrogen) atoms. The van der Waals surface area contributed by atoms with Crippen molar-refractivity contribution in [3.8, 4) is 0 Å². The maximum Gasteiger partial charge on any atom is 0.334 e. The van der Waals surface area contributed by atoms with Crippen LogP contribution in [0.15, 0.2) is 47.1 Å². The first kappa shape index (κ1) is 19.2. The van der Waals surface area contributed by atoms with Gasteiger partial charge in [-0.05, 0) is 40.2 Å². The molecule has 0 amide bonds. The molecule has 1 N–H and O–H groups in total. The van der Waals surface area contributed by atoms with E-state index in [0.29, 0.717) is 24.0 Å². The molecular weight excluding hydrogens is 320 g/mol. The minimum Gasteiger partial charge on any atom is -0.458 e. The van der Waals surface area contributed by atoms with Gasteiger partial charge in [0.05, 0.1) is 12.0 Å². The minimum atomic E-state index is -0.623. The van der Waals surface area contributed by atoms with Gasteiger partial charge in [0.15, 0.2) is 0 Å². The predicted octanol–water partition coefficient (Wildman–Crippen LogP) is 3.01. The van der Waals surface area contributed by atoms with Gasteiger partial charge in [-0.2, -0.15) is 0 Å². The molecule has 0 radical (unpaired) electrons. The van der Waals surface area contributed by atoms with Crippen LogP contribution in [0.1, 0.15) is 40.5 Å². The van der Waals surface area contributed by atoms with E-state index in [1.165, 1.54) is 0 Å².